The molecule has 0 bridgehead atoms. The Morgan fingerprint density at radius 2 is 1.71 bits per heavy atom. The topological polar surface area (TPSA) is 41.6 Å². The zero-order valence-corrected chi connectivity index (χ0v) is 14.4. The van der Waals surface area contributed by atoms with Crippen LogP contribution >= 0.6 is 11.6 Å². The van der Waals surface area contributed by atoms with E-state index in [1.165, 1.54) is 31.5 Å². The van der Waals surface area contributed by atoms with Crippen LogP contribution in [0.4, 0.5) is 5.69 Å². The van der Waals surface area contributed by atoms with Gasteiger partial charge in [0, 0.05) is 11.6 Å². The first kappa shape index (κ1) is 16.7. The van der Waals surface area contributed by atoms with Gasteiger partial charge in [0.15, 0.2) is 0 Å². The molecule has 2 aromatic rings. The quantitative estimate of drug-likeness (QED) is 0.637. The lowest BCUT2D eigenvalue weighted by molar-refractivity contribution is 0.331. The lowest BCUT2D eigenvalue weighted by Gasteiger charge is -2.14. The summed E-state index contributed by atoms with van der Waals surface area (Å²) in [5.74, 6) is 0.471. The predicted molar refractivity (Wildman–Crippen MR) is 103 cm³/mol. The van der Waals surface area contributed by atoms with E-state index in [1.807, 2.05) is 24.3 Å². The zero-order chi connectivity index (χ0) is 16.8. The van der Waals surface area contributed by atoms with Crippen LogP contribution in [0.5, 0.6) is 0 Å². The number of rotatable bonds is 5. The van der Waals surface area contributed by atoms with Crippen molar-refractivity contribution >= 4 is 29.2 Å². The van der Waals surface area contributed by atoms with Crippen molar-refractivity contribution in [2.75, 3.05) is 13.1 Å². The molecule has 24 heavy (non-hydrogen) atoms. The summed E-state index contributed by atoms with van der Waals surface area (Å²) in [6, 6.07) is 15.9. The van der Waals surface area contributed by atoms with E-state index in [2.05, 4.69) is 34.2 Å². The average molecular weight is 340 g/mol. The predicted octanol–water partition coefficient (Wildman–Crippen LogP) is 4.64. The summed E-state index contributed by atoms with van der Waals surface area (Å²) >= 11 is 5.86. The molecule has 0 spiro atoms. The van der Waals surface area contributed by atoms with E-state index in [1.54, 1.807) is 12.1 Å². The highest BCUT2D eigenvalue weighted by molar-refractivity contribution is 6.30. The minimum atomic E-state index is 0.471. The van der Waals surface area contributed by atoms with Gasteiger partial charge < -0.3 is 5.73 Å². The van der Waals surface area contributed by atoms with E-state index in [4.69, 9.17) is 17.3 Å². The van der Waals surface area contributed by atoms with Gasteiger partial charge in [0.1, 0.15) is 5.84 Å². The molecule has 1 heterocycles. The summed E-state index contributed by atoms with van der Waals surface area (Å²) < 4.78 is 0. The van der Waals surface area contributed by atoms with Crippen LogP contribution in [-0.4, -0.2) is 23.8 Å². The molecule has 0 aromatic heterocycles. The molecule has 2 aromatic carbocycles. The highest BCUT2D eigenvalue weighted by atomic mass is 35.5. The van der Waals surface area contributed by atoms with Gasteiger partial charge in [-0.05, 0) is 67.4 Å². The number of hydrogen-bond acceptors (Lipinski definition) is 2. The summed E-state index contributed by atoms with van der Waals surface area (Å²) in [7, 11) is 0. The first-order valence-corrected chi connectivity index (χ1v) is 8.66. The number of hydrogen-bond donors (Lipinski definition) is 1. The standard InChI is InChI=1S/C20H22ClN3/c21-18-8-10-19(11-9-18)23-20(22)12-7-16-3-5-17(6-4-16)15-24-13-1-2-14-24/h3-12H,1-2,13-15H2,(H2,22,23). The van der Waals surface area contributed by atoms with Crippen molar-refractivity contribution in [3.63, 3.8) is 0 Å². The van der Waals surface area contributed by atoms with Gasteiger partial charge in [-0.3, -0.25) is 4.90 Å². The summed E-state index contributed by atoms with van der Waals surface area (Å²) in [4.78, 5) is 6.85. The fourth-order valence-electron chi connectivity index (χ4n) is 2.82. The van der Waals surface area contributed by atoms with E-state index in [-0.39, 0.29) is 0 Å². The van der Waals surface area contributed by atoms with Crippen LogP contribution < -0.4 is 5.73 Å². The third-order valence-corrected chi connectivity index (χ3v) is 4.37. The number of nitrogens with zero attached hydrogens (tertiary/aromatic N) is 2. The minimum absolute atomic E-state index is 0.471. The lowest BCUT2D eigenvalue weighted by Crippen LogP contribution is -2.18. The molecule has 0 unspecified atom stereocenters. The Morgan fingerprint density at radius 3 is 2.38 bits per heavy atom. The first-order valence-electron chi connectivity index (χ1n) is 8.28. The molecule has 2 N–H and O–H groups in total. The molecule has 0 atom stereocenters. The van der Waals surface area contributed by atoms with Crippen molar-refractivity contribution in [1.82, 2.24) is 4.90 Å². The second-order valence-electron chi connectivity index (χ2n) is 6.07. The number of nitrogens with two attached hydrogens (primary N) is 1. The lowest BCUT2D eigenvalue weighted by atomic mass is 10.1. The third-order valence-electron chi connectivity index (χ3n) is 4.12. The average Bonchev–Trinajstić information content (AvgIpc) is 3.09. The molecule has 1 aliphatic rings. The molecule has 0 radical (unpaired) electrons. The molecular weight excluding hydrogens is 318 g/mol. The maximum Gasteiger partial charge on any atom is 0.124 e. The molecule has 0 amide bonds. The van der Waals surface area contributed by atoms with E-state index in [9.17, 15) is 0 Å². The third kappa shape index (κ3) is 4.95. The largest absolute Gasteiger partial charge is 0.384 e. The Hall–Kier alpha value is -2.10. The van der Waals surface area contributed by atoms with Crippen LogP contribution in [0.3, 0.4) is 0 Å². The summed E-state index contributed by atoms with van der Waals surface area (Å²) in [5.41, 5.74) is 9.23. The van der Waals surface area contributed by atoms with Gasteiger partial charge in [-0.25, -0.2) is 4.99 Å². The smallest absolute Gasteiger partial charge is 0.124 e. The Balaban J connectivity index is 1.60. The molecule has 3 nitrogen and oxygen atoms in total. The molecule has 124 valence electrons. The monoisotopic (exact) mass is 339 g/mol. The maximum absolute atomic E-state index is 5.95. The van der Waals surface area contributed by atoms with Crippen LogP contribution in [0.1, 0.15) is 24.0 Å². The molecule has 1 aliphatic heterocycles. The minimum Gasteiger partial charge on any atom is -0.384 e. The van der Waals surface area contributed by atoms with Crippen LogP contribution in [0, 0.1) is 0 Å². The van der Waals surface area contributed by atoms with Gasteiger partial charge in [0.05, 0.1) is 5.69 Å². The van der Waals surface area contributed by atoms with Crippen molar-refractivity contribution in [3.05, 3.63) is 70.8 Å². The van der Waals surface area contributed by atoms with Crippen molar-refractivity contribution in [2.24, 2.45) is 10.7 Å². The zero-order valence-electron chi connectivity index (χ0n) is 13.7. The molecular formula is C20H22ClN3. The highest BCUT2D eigenvalue weighted by Gasteiger charge is 2.11. The molecule has 1 fully saturated rings. The van der Waals surface area contributed by atoms with E-state index in [0.29, 0.717) is 10.9 Å². The van der Waals surface area contributed by atoms with E-state index < -0.39 is 0 Å². The fourth-order valence-corrected chi connectivity index (χ4v) is 2.94. The van der Waals surface area contributed by atoms with Crippen molar-refractivity contribution in [3.8, 4) is 0 Å². The van der Waals surface area contributed by atoms with E-state index in [0.717, 1.165) is 17.8 Å². The molecule has 0 saturated carbocycles. The second kappa shape index (κ2) is 8.13. The summed E-state index contributed by atoms with van der Waals surface area (Å²) in [6.07, 6.45) is 6.46. The van der Waals surface area contributed by atoms with Crippen molar-refractivity contribution in [2.45, 2.75) is 19.4 Å². The summed E-state index contributed by atoms with van der Waals surface area (Å²) in [6.45, 7) is 3.49. The van der Waals surface area contributed by atoms with Crippen molar-refractivity contribution in [1.29, 1.82) is 0 Å². The Kier molecular flexibility index (Phi) is 5.68. The second-order valence-corrected chi connectivity index (χ2v) is 6.51. The fraction of sp³-hybridized carbons (Fsp3) is 0.250. The normalized spacial score (nSPS) is 16.1. The van der Waals surface area contributed by atoms with Crippen molar-refractivity contribution < 1.29 is 0 Å². The number of likely N-dealkylation sites (tertiary alicyclic amines) is 1. The number of halogens is 1. The van der Waals surface area contributed by atoms with Crippen LogP contribution in [0.15, 0.2) is 59.6 Å². The number of aliphatic imine (C=N–C) groups is 1. The van der Waals surface area contributed by atoms with Gasteiger partial charge in [0.25, 0.3) is 0 Å². The Bertz CT molecular complexity index is 712. The summed E-state index contributed by atoms with van der Waals surface area (Å²) in [5, 5.41) is 0.692. The molecule has 0 aliphatic carbocycles. The highest BCUT2D eigenvalue weighted by Crippen LogP contribution is 2.16. The molecule has 1 saturated heterocycles. The van der Waals surface area contributed by atoms with Gasteiger partial charge in [-0.15, -0.1) is 0 Å². The molecule has 3 rings (SSSR count). The number of benzene rings is 2. The van der Waals surface area contributed by atoms with E-state index >= 15 is 0 Å². The Morgan fingerprint density at radius 1 is 1.04 bits per heavy atom. The molecule has 4 heteroatoms. The van der Waals surface area contributed by atoms with Gasteiger partial charge in [-0.2, -0.15) is 0 Å². The van der Waals surface area contributed by atoms with Crippen LogP contribution in [0.25, 0.3) is 6.08 Å². The van der Waals surface area contributed by atoms with Crippen LogP contribution in [0.2, 0.25) is 5.02 Å². The van der Waals surface area contributed by atoms with Crippen LogP contribution in [-0.2, 0) is 6.54 Å². The van der Waals surface area contributed by atoms with Gasteiger partial charge in [-0.1, -0.05) is 41.9 Å². The SMILES string of the molecule is NC(C=Cc1ccc(CN2CCCC2)cc1)=Nc1ccc(Cl)cc1. The Labute approximate surface area is 148 Å². The number of amidine groups is 1. The first-order chi connectivity index (χ1) is 11.7. The maximum atomic E-state index is 5.95. The van der Waals surface area contributed by atoms with Gasteiger partial charge in [0.2, 0.25) is 0 Å². The van der Waals surface area contributed by atoms with Gasteiger partial charge >= 0.3 is 0 Å².